The number of benzene rings is 1. The molecule has 0 aromatic heterocycles. The first-order valence-corrected chi connectivity index (χ1v) is 6.58. The van der Waals surface area contributed by atoms with Gasteiger partial charge in [0.25, 0.3) is 0 Å². The van der Waals surface area contributed by atoms with Gasteiger partial charge < -0.3 is 9.47 Å². The molecule has 1 heterocycles. The van der Waals surface area contributed by atoms with Crippen LogP contribution in [0.1, 0.15) is 12.5 Å². The first-order valence-electron chi connectivity index (χ1n) is 6.20. The van der Waals surface area contributed by atoms with Gasteiger partial charge in [-0.25, -0.2) is 9.80 Å². The van der Waals surface area contributed by atoms with Gasteiger partial charge in [-0.2, -0.15) is 5.10 Å². The molecule has 0 saturated carbocycles. The third-order valence-electron chi connectivity index (χ3n) is 2.66. The number of hydrogen-bond acceptors (Lipinski definition) is 5. The van der Waals surface area contributed by atoms with E-state index in [9.17, 15) is 9.59 Å². The summed E-state index contributed by atoms with van der Waals surface area (Å²) in [7, 11) is 1.50. The molecule has 21 heavy (non-hydrogen) atoms. The smallest absolute Gasteiger partial charge is 0.344 e. The van der Waals surface area contributed by atoms with E-state index in [1.54, 1.807) is 12.1 Å². The number of hydrazone groups is 1. The van der Waals surface area contributed by atoms with Gasteiger partial charge in [0, 0.05) is 0 Å². The number of rotatable bonds is 5. The van der Waals surface area contributed by atoms with Gasteiger partial charge in [-0.1, -0.05) is 11.6 Å². The van der Waals surface area contributed by atoms with Crippen LogP contribution in [-0.4, -0.2) is 43.4 Å². The molecule has 1 aliphatic heterocycles. The number of nitrogens with one attached hydrogen (secondary N) is 1. The lowest BCUT2D eigenvalue weighted by Crippen LogP contribution is -2.24. The molecule has 0 bridgehead atoms. The Balaban J connectivity index is 2.24. The molecule has 0 radical (unpaired) electrons. The van der Waals surface area contributed by atoms with E-state index in [0.29, 0.717) is 28.7 Å². The molecule has 1 aromatic rings. The lowest BCUT2D eigenvalue weighted by molar-refractivity contribution is -0.118. The summed E-state index contributed by atoms with van der Waals surface area (Å²) in [6, 6.07) is 2.76. The normalized spacial score (nSPS) is 14.7. The van der Waals surface area contributed by atoms with Crippen molar-refractivity contribution in [2.45, 2.75) is 6.92 Å². The number of ether oxygens (including phenoxy) is 2. The van der Waals surface area contributed by atoms with Crippen molar-refractivity contribution >= 4 is 29.8 Å². The summed E-state index contributed by atoms with van der Waals surface area (Å²) >= 11 is 6.10. The molecule has 1 N–H and O–H groups in total. The third-order valence-corrected chi connectivity index (χ3v) is 2.94. The van der Waals surface area contributed by atoms with Crippen LogP contribution in [0.4, 0.5) is 4.79 Å². The maximum Gasteiger partial charge on any atom is 0.344 e. The number of carbonyl (C=O) groups excluding carboxylic acids is 2. The van der Waals surface area contributed by atoms with Crippen molar-refractivity contribution in [1.29, 1.82) is 0 Å². The van der Waals surface area contributed by atoms with Crippen LogP contribution < -0.4 is 14.8 Å². The monoisotopic (exact) mass is 311 g/mol. The minimum atomic E-state index is -0.555. The minimum absolute atomic E-state index is 0.0997. The SMILES string of the molecule is CCOc1cc(/C=N\N2CC(=O)NC2=O)cc(Cl)c1OC. The molecule has 1 saturated heterocycles. The molecule has 3 amide bonds. The highest BCUT2D eigenvalue weighted by Gasteiger charge is 2.25. The van der Waals surface area contributed by atoms with E-state index < -0.39 is 6.03 Å². The number of carbonyl (C=O) groups is 2. The number of hydrogen-bond donors (Lipinski definition) is 1. The molecule has 0 spiro atoms. The van der Waals surface area contributed by atoms with E-state index >= 15 is 0 Å². The van der Waals surface area contributed by atoms with Crippen molar-refractivity contribution in [3.05, 3.63) is 22.7 Å². The second kappa shape index (κ2) is 6.45. The fraction of sp³-hybridized carbons (Fsp3) is 0.308. The fourth-order valence-electron chi connectivity index (χ4n) is 1.78. The van der Waals surface area contributed by atoms with Crippen molar-refractivity contribution in [2.75, 3.05) is 20.3 Å². The number of halogens is 1. The van der Waals surface area contributed by atoms with E-state index in [1.807, 2.05) is 6.92 Å². The first-order chi connectivity index (χ1) is 10.0. The predicted octanol–water partition coefficient (Wildman–Crippen LogP) is 1.63. The van der Waals surface area contributed by atoms with E-state index in [4.69, 9.17) is 21.1 Å². The summed E-state index contributed by atoms with van der Waals surface area (Å²) in [6.07, 6.45) is 1.42. The molecule has 2 rings (SSSR count). The molecule has 8 heteroatoms. The maximum absolute atomic E-state index is 11.4. The van der Waals surface area contributed by atoms with E-state index in [0.717, 1.165) is 5.01 Å². The Morgan fingerprint density at radius 2 is 2.24 bits per heavy atom. The lowest BCUT2D eigenvalue weighted by atomic mass is 10.2. The van der Waals surface area contributed by atoms with Gasteiger partial charge in [-0.15, -0.1) is 0 Å². The van der Waals surface area contributed by atoms with Crippen molar-refractivity contribution in [1.82, 2.24) is 10.3 Å². The van der Waals surface area contributed by atoms with Crippen LogP contribution >= 0.6 is 11.6 Å². The average Bonchev–Trinajstić information content (AvgIpc) is 2.75. The summed E-state index contributed by atoms with van der Waals surface area (Å²) in [5.41, 5.74) is 0.622. The Morgan fingerprint density at radius 1 is 1.48 bits per heavy atom. The Kier molecular flexibility index (Phi) is 4.64. The molecule has 1 fully saturated rings. The Bertz CT molecular complexity index is 603. The van der Waals surface area contributed by atoms with Crippen LogP contribution in [0.3, 0.4) is 0 Å². The third kappa shape index (κ3) is 3.43. The van der Waals surface area contributed by atoms with Gasteiger partial charge in [0.1, 0.15) is 6.54 Å². The number of nitrogens with zero attached hydrogens (tertiary/aromatic N) is 2. The largest absolute Gasteiger partial charge is 0.491 e. The number of urea groups is 1. The summed E-state index contributed by atoms with van der Waals surface area (Å²) in [5, 5.41) is 7.47. The standard InChI is InChI=1S/C13H14ClN3O4/c1-3-21-10-5-8(4-9(14)12(10)20-2)6-15-17-7-11(18)16-13(17)19/h4-6H,3,7H2,1-2H3,(H,16,18,19)/b15-6-. The Hall–Kier alpha value is -2.28. The average molecular weight is 312 g/mol. The predicted molar refractivity (Wildman–Crippen MR) is 77.0 cm³/mol. The summed E-state index contributed by atoms with van der Waals surface area (Å²) in [6.45, 7) is 2.20. The highest BCUT2D eigenvalue weighted by atomic mass is 35.5. The molecule has 112 valence electrons. The van der Waals surface area contributed by atoms with Gasteiger partial charge in [-0.05, 0) is 24.6 Å². The summed E-state index contributed by atoms with van der Waals surface area (Å²) in [4.78, 5) is 22.4. The quantitative estimate of drug-likeness (QED) is 0.662. The molecular weight excluding hydrogens is 298 g/mol. The van der Waals surface area contributed by atoms with Gasteiger partial charge in [-0.3, -0.25) is 10.1 Å². The zero-order valence-electron chi connectivity index (χ0n) is 11.6. The molecule has 0 atom stereocenters. The second-order valence-electron chi connectivity index (χ2n) is 4.12. The molecular formula is C13H14ClN3O4. The van der Waals surface area contributed by atoms with Crippen LogP contribution in [0.15, 0.2) is 17.2 Å². The van der Waals surface area contributed by atoms with E-state index in [1.165, 1.54) is 13.3 Å². The first kappa shape index (κ1) is 15.1. The van der Waals surface area contributed by atoms with Gasteiger partial charge in [0.2, 0.25) is 5.91 Å². The number of imide groups is 1. The minimum Gasteiger partial charge on any atom is -0.491 e. The number of amides is 3. The second-order valence-corrected chi connectivity index (χ2v) is 4.53. The number of methoxy groups -OCH3 is 1. The van der Waals surface area contributed by atoms with Crippen LogP contribution in [0.25, 0.3) is 0 Å². The lowest BCUT2D eigenvalue weighted by Gasteiger charge is -2.12. The Labute approximate surface area is 126 Å². The summed E-state index contributed by atoms with van der Waals surface area (Å²) in [5.74, 6) is 0.528. The van der Waals surface area contributed by atoms with Crippen LogP contribution in [-0.2, 0) is 4.79 Å². The molecule has 0 unspecified atom stereocenters. The van der Waals surface area contributed by atoms with Crippen LogP contribution in [0.5, 0.6) is 11.5 Å². The van der Waals surface area contributed by atoms with E-state index in [-0.39, 0.29) is 12.5 Å². The van der Waals surface area contributed by atoms with Crippen molar-refractivity contribution in [2.24, 2.45) is 5.10 Å². The summed E-state index contributed by atoms with van der Waals surface area (Å²) < 4.78 is 10.6. The zero-order chi connectivity index (χ0) is 15.4. The van der Waals surface area contributed by atoms with Gasteiger partial charge in [0.15, 0.2) is 11.5 Å². The topological polar surface area (TPSA) is 80.2 Å². The van der Waals surface area contributed by atoms with Crippen LogP contribution in [0, 0.1) is 0 Å². The molecule has 1 aromatic carbocycles. The van der Waals surface area contributed by atoms with E-state index in [2.05, 4.69) is 10.4 Å². The van der Waals surface area contributed by atoms with Crippen LogP contribution in [0.2, 0.25) is 5.02 Å². The molecule has 0 aliphatic carbocycles. The van der Waals surface area contributed by atoms with Gasteiger partial charge in [0.05, 0.1) is 25.0 Å². The molecule has 1 aliphatic rings. The van der Waals surface area contributed by atoms with Gasteiger partial charge >= 0.3 is 6.03 Å². The highest BCUT2D eigenvalue weighted by Crippen LogP contribution is 2.35. The van der Waals surface area contributed by atoms with Crippen molar-refractivity contribution < 1.29 is 19.1 Å². The zero-order valence-corrected chi connectivity index (χ0v) is 12.3. The van der Waals surface area contributed by atoms with Crippen molar-refractivity contribution in [3.63, 3.8) is 0 Å². The highest BCUT2D eigenvalue weighted by molar-refractivity contribution is 6.32. The fourth-order valence-corrected chi connectivity index (χ4v) is 2.08. The maximum atomic E-state index is 11.4. The van der Waals surface area contributed by atoms with Crippen molar-refractivity contribution in [3.8, 4) is 11.5 Å². The Morgan fingerprint density at radius 3 is 2.81 bits per heavy atom. The molecule has 7 nitrogen and oxygen atoms in total.